The average Bonchev–Trinajstić information content (AvgIpc) is 3.59. The van der Waals surface area contributed by atoms with E-state index in [2.05, 4.69) is 95.5 Å². The fraction of sp³-hybridized carbons (Fsp3) is 0.375. The molecule has 0 aliphatic heterocycles. The van der Waals surface area contributed by atoms with Crippen molar-refractivity contribution in [3.8, 4) is 20.9 Å². The number of hydrogen-bond acceptors (Lipinski definition) is 4. The van der Waals surface area contributed by atoms with Crippen LogP contribution in [-0.2, 0) is 12.8 Å². The zero-order chi connectivity index (χ0) is 25.0. The van der Waals surface area contributed by atoms with Crippen molar-refractivity contribution in [3.05, 3.63) is 82.6 Å². The van der Waals surface area contributed by atoms with Gasteiger partial charge in [-0.2, -0.15) is 10.2 Å². The highest BCUT2D eigenvalue weighted by Gasteiger charge is 2.05. The SMILES string of the molecule is CCCCCCc1csc(-c2ccc(N=Nc3ccc(-c4cc(CCCCCC)cs4)cc3)cc2)c1. The summed E-state index contributed by atoms with van der Waals surface area (Å²) in [6.07, 6.45) is 12.9. The smallest absolute Gasteiger partial charge is 0.0857 e. The minimum absolute atomic E-state index is 0.880. The molecule has 2 nitrogen and oxygen atoms in total. The molecule has 0 bridgehead atoms. The van der Waals surface area contributed by atoms with Crippen LogP contribution in [0.1, 0.15) is 76.3 Å². The summed E-state index contributed by atoms with van der Waals surface area (Å²) in [4.78, 5) is 2.66. The van der Waals surface area contributed by atoms with Crippen LogP contribution in [-0.4, -0.2) is 0 Å². The number of thiophene rings is 2. The molecule has 0 amide bonds. The number of nitrogens with zero attached hydrogens (tertiary/aromatic N) is 2. The molecule has 0 radical (unpaired) electrons. The van der Waals surface area contributed by atoms with E-state index in [4.69, 9.17) is 0 Å². The van der Waals surface area contributed by atoms with Gasteiger partial charge in [-0.25, -0.2) is 0 Å². The molecule has 2 aromatic carbocycles. The van der Waals surface area contributed by atoms with Gasteiger partial charge in [0.15, 0.2) is 0 Å². The summed E-state index contributed by atoms with van der Waals surface area (Å²) < 4.78 is 0. The third kappa shape index (κ3) is 7.97. The number of unbranched alkanes of at least 4 members (excludes halogenated alkanes) is 6. The first kappa shape index (κ1) is 26.5. The molecule has 0 saturated heterocycles. The van der Waals surface area contributed by atoms with Gasteiger partial charge in [0.1, 0.15) is 0 Å². The van der Waals surface area contributed by atoms with Crippen LogP contribution >= 0.6 is 22.7 Å². The molecule has 4 rings (SSSR count). The summed E-state index contributed by atoms with van der Waals surface area (Å²) in [5.41, 5.74) is 7.19. The molecule has 0 fully saturated rings. The molecule has 2 heterocycles. The van der Waals surface area contributed by atoms with E-state index in [9.17, 15) is 0 Å². The van der Waals surface area contributed by atoms with E-state index in [1.54, 1.807) is 0 Å². The van der Waals surface area contributed by atoms with E-state index >= 15 is 0 Å². The van der Waals surface area contributed by atoms with E-state index in [1.807, 2.05) is 22.7 Å². The van der Waals surface area contributed by atoms with Crippen molar-refractivity contribution in [2.24, 2.45) is 10.2 Å². The first-order chi connectivity index (χ1) is 17.7. The average molecular weight is 515 g/mol. The molecule has 4 aromatic rings. The summed E-state index contributed by atoms with van der Waals surface area (Å²) in [6, 6.07) is 21.5. The van der Waals surface area contributed by atoms with Gasteiger partial charge in [0.2, 0.25) is 0 Å². The fourth-order valence-electron chi connectivity index (χ4n) is 4.33. The maximum Gasteiger partial charge on any atom is 0.0857 e. The van der Waals surface area contributed by atoms with Gasteiger partial charge >= 0.3 is 0 Å². The summed E-state index contributed by atoms with van der Waals surface area (Å²) in [6.45, 7) is 4.53. The number of rotatable bonds is 14. The molecular weight excluding hydrogens is 477 g/mol. The van der Waals surface area contributed by atoms with Crippen molar-refractivity contribution < 1.29 is 0 Å². The topological polar surface area (TPSA) is 24.7 Å². The van der Waals surface area contributed by atoms with Crippen LogP contribution in [0.15, 0.2) is 81.7 Å². The third-order valence-corrected chi connectivity index (χ3v) is 8.59. The molecule has 4 heteroatoms. The monoisotopic (exact) mass is 514 g/mol. The van der Waals surface area contributed by atoms with E-state index < -0.39 is 0 Å². The molecule has 36 heavy (non-hydrogen) atoms. The molecule has 0 atom stereocenters. The molecule has 2 aromatic heterocycles. The highest BCUT2D eigenvalue weighted by Crippen LogP contribution is 2.32. The Balaban J connectivity index is 1.30. The normalized spacial score (nSPS) is 11.5. The van der Waals surface area contributed by atoms with Crippen LogP contribution in [0.25, 0.3) is 20.9 Å². The Labute approximate surface area is 225 Å². The van der Waals surface area contributed by atoms with Crippen LogP contribution < -0.4 is 0 Å². The number of azo groups is 1. The van der Waals surface area contributed by atoms with Gasteiger partial charge in [0.05, 0.1) is 11.4 Å². The summed E-state index contributed by atoms with van der Waals surface area (Å²) in [5, 5.41) is 13.5. The van der Waals surface area contributed by atoms with E-state index in [-0.39, 0.29) is 0 Å². The minimum Gasteiger partial charge on any atom is -0.151 e. The second-order valence-electron chi connectivity index (χ2n) is 9.55. The Kier molecular flexibility index (Phi) is 10.5. The maximum atomic E-state index is 4.46. The van der Waals surface area contributed by atoms with E-state index in [0.717, 1.165) is 11.4 Å². The van der Waals surface area contributed by atoms with Crippen LogP contribution in [0.3, 0.4) is 0 Å². The van der Waals surface area contributed by atoms with Crippen LogP contribution in [0.2, 0.25) is 0 Å². The van der Waals surface area contributed by atoms with Crippen LogP contribution in [0.4, 0.5) is 11.4 Å². The van der Waals surface area contributed by atoms with Crippen molar-refractivity contribution in [1.29, 1.82) is 0 Å². The molecule has 188 valence electrons. The van der Waals surface area contributed by atoms with Crippen LogP contribution in [0.5, 0.6) is 0 Å². The Morgan fingerprint density at radius 2 is 0.944 bits per heavy atom. The second-order valence-corrected chi connectivity index (χ2v) is 11.4. The van der Waals surface area contributed by atoms with Crippen molar-refractivity contribution >= 4 is 34.0 Å². The first-order valence-corrected chi connectivity index (χ1v) is 15.3. The zero-order valence-electron chi connectivity index (χ0n) is 21.7. The lowest BCUT2D eigenvalue weighted by atomic mass is 10.1. The van der Waals surface area contributed by atoms with Gasteiger partial charge in [-0.3, -0.25) is 0 Å². The van der Waals surface area contributed by atoms with E-state index in [0.29, 0.717) is 0 Å². The molecule has 0 N–H and O–H groups in total. The van der Waals surface area contributed by atoms with Gasteiger partial charge < -0.3 is 0 Å². The van der Waals surface area contributed by atoms with Crippen molar-refractivity contribution in [2.45, 2.75) is 78.1 Å². The standard InChI is InChI=1S/C32H38N2S2/c1-3-5-7-9-11-25-21-31(35-23-25)27-13-17-29(18-14-27)33-34-30-19-15-28(16-20-30)32-22-26(24-36-32)12-10-8-6-4-2/h13-24H,3-12H2,1-2H3. The molecule has 0 saturated carbocycles. The molecule has 0 aliphatic carbocycles. The lowest BCUT2D eigenvalue weighted by molar-refractivity contribution is 0.667. The first-order valence-electron chi connectivity index (χ1n) is 13.5. The Bertz CT molecular complexity index is 1100. The second kappa shape index (κ2) is 14.2. The van der Waals surface area contributed by atoms with Gasteiger partial charge in [-0.1, -0.05) is 76.6 Å². The molecule has 0 spiro atoms. The highest BCUT2D eigenvalue weighted by molar-refractivity contribution is 7.14. The Morgan fingerprint density at radius 1 is 0.528 bits per heavy atom. The summed E-state index contributed by atoms with van der Waals surface area (Å²) in [5.74, 6) is 0. The predicted molar refractivity (Wildman–Crippen MR) is 159 cm³/mol. The lowest BCUT2D eigenvalue weighted by Crippen LogP contribution is -1.82. The van der Waals surface area contributed by atoms with Gasteiger partial charge in [-0.15, -0.1) is 22.7 Å². The number of aryl methyl sites for hydroxylation is 2. The number of hydrogen-bond donors (Lipinski definition) is 0. The van der Waals surface area contributed by atoms with Gasteiger partial charge in [0.25, 0.3) is 0 Å². The maximum absolute atomic E-state index is 4.46. The largest absolute Gasteiger partial charge is 0.151 e. The highest BCUT2D eigenvalue weighted by atomic mass is 32.1. The summed E-state index contributed by atoms with van der Waals surface area (Å²) in [7, 11) is 0. The van der Waals surface area contributed by atoms with Crippen molar-refractivity contribution in [1.82, 2.24) is 0 Å². The quantitative estimate of drug-likeness (QED) is 0.118. The lowest BCUT2D eigenvalue weighted by Gasteiger charge is -2.00. The van der Waals surface area contributed by atoms with Crippen molar-refractivity contribution in [2.75, 3.05) is 0 Å². The van der Waals surface area contributed by atoms with Gasteiger partial charge in [-0.05, 0) is 95.1 Å². The minimum atomic E-state index is 0.880. The fourth-order valence-corrected chi connectivity index (χ4v) is 6.24. The molecular formula is C32H38N2S2. The summed E-state index contributed by atoms with van der Waals surface area (Å²) >= 11 is 3.67. The third-order valence-electron chi connectivity index (χ3n) is 6.53. The van der Waals surface area contributed by atoms with E-state index in [1.165, 1.54) is 96.2 Å². The number of benzene rings is 2. The Morgan fingerprint density at radius 3 is 1.33 bits per heavy atom. The van der Waals surface area contributed by atoms with Crippen molar-refractivity contribution in [3.63, 3.8) is 0 Å². The Hall–Kier alpha value is -2.56. The molecule has 0 unspecified atom stereocenters. The zero-order valence-corrected chi connectivity index (χ0v) is 23.3. The van der Waals surface area contributed by atoms with Gasteiger partial charge in [0, 0.05) is 9.75 Å². The molecule has 0 aliphatic rings. The predicted octanol–water partition coefficient (Wildman–Crippen LogP) is 11.8. The van der Waals surface area contributed by atoms with Crippen LogP contribution in [0, 0.1) is 0 Å².